The molecule has 2 aromatic rings. The molecule has 1 aromatic carbocycles. The summed E-state index contributed by atoms with van der Waals surface area (Å²) in [6, 6.07) is 7.69. The highest BCUT2D eigenvalue weighted by atomic mass is 19.4. The zero-order chi connectivity index (χ0) is 23.7. The Morgan fingerprint density at radius 2 is 1.56 bits per heavy atom. The molecular formula is C22H28F3N3O4. The molecule has 0 saturated carbocycles. The van der Waals surface area contributed by atoms with Crippen molar-refractivity contribution >= 4 is 11.8 Å². The van der Waals surface area contributed by atoms with Crippen LogP contribution in [0.2, 0.25) is 0 Å². The highest BCUT2D eigenvalue weighted by molar-refractivity contribution is 5.96. The van der Waals surface area contributed by atoms with Gasteiger partial charge in [-0.05, 0) is 36.4 Å². The van der Waals surface area contributed by atoms with E-state index in [1.807, 2.05) is 29.9 Å². The minimum absolute atomic E-state index is 0.0628. The molecule has 0 radical (unpaired) electrons. The molecule has 0 fully saturated rings. The molecule has 0 spiro atoms. The molecular weight excluding hydrogens is 427 g/mol. The summed E-state index contributed by atoms with van der Waals surface area (Å²) >= 11 is 0. The molecule has 1 heterocycles. The van der Waals surface area contributed by atoms with Crippen LogP contribution in [0, 0.1) is 0 Å². The van der Waals surface area contributed by atoms with Crippen molar-refractivity contribution in [2.75, 3.05) is 47.1 Å². The molecule has 2 amide bonds. The lowest BCUT2D eigenvalue weighted by Gasteiger charge is -2.28. The number of carbonyl (C=O) groups is 2. The molecule has 2 rings (SSSR count). The molecule has 7 nitrogen and oxygen atoms in total. The summed E-state index contributed by atoms with van der Waals surface area (Å²) in [6.07, 6.45) is -2.63. The van der Waals surface area contributed by atoms with Crippen LogP contribution in [-0.2, 0) is 34.0 Å². The SMILES string of the molecule is COCCN(Cc1cccn1C)C(=O)CN(CCOC)C(=O)c1ccc(C(F)(F)F)cc1. The van der Waals surface area contributed by atoms with Gasteiger partial charge in [-0.3, -0.25) is 9.59 Å². The number of halogens is 3. The van der Waals surface area contributed by atoms with Crippen LogP contribution < -0.4 is 0 Å². The number of aromatic nitrogens is 1. The van der Waals surface area contributed by atoms with Crippen molar-refractivity contribution in [3.05, 3.63) is 59.4 Å². The van der Waals surface area contributed by atoms with E-state index in [0.29, 0.717) is 19.7 Å². The first-order valence-corrected chi connectivity index (χ1v) is 9.99. The molecule has 0 aliphatic heterocycles. The van der Waals surface area contributed by atoms with E-state index in [4.69, 9.17) is 9.47 Å². The molecule has 1 aromatic heterocycles. The second-order valence-corrected chi connectivity index (χ2v) is 7.21. The first-order valence-electron chi connectivity index (χ1n) is 9.99. The van der Waals surface area contributed by atoms with Crippen molar-refractivity contribution in [1.82, 2.24) is 14.4 Å². The first kappa shape index (κ1) is 25.4. The molecule has 0 atom stereocenters. The van der Waals surface area contributed by atoms with Gasteiger partial charge in [-0.2, -0.15) is 13.2 Å². The van der Waals surface area contributed by atoms with Crippen LogP contribution in [0.3, 0.4) is 0 Å². The standard InChI is InChI=1S/C22H28F3N3O4/c1-26-10-4-5-19(26)15-27(11-13-31-2)20(29)16-28(12-14-32-3)21(30)17-6-8-18(9-7-17)22(23,24)25/h4-10H,11-16H2,1-3H3. The summed E-state index contributed by atoms with van der Waals surface area (Å²) in [5.41, 5.74) is 0.126. The van der Waals surface area contributed by atoms with Gasteiger partial charge in [0.25, 0.3) is 5.91 Å². The van der Waals surface area contributed by atoms with E-state index in [-0.39, 0.29) is 31.2 Å². The van der Waals surface area contributed by atoms with Crippen molar-refractivity contribution in [1.29, 1.82) is 0 Å². The van der Waals surface area contributed by atoms with E-state index in [2.05, 4.69) is 0 Å². The normalized spacial score (nSPS) is 11.4. The molecule has 0 saturated heterocycles. The van der Waals surface area contributed by atoms with E-state index in [0.717, 1.165) is 30.0 Å². The third-order valence-electron chi connectivity index (χ3n) is 4.96. The maximum absolute atomic E-state index is 13.1. The van der Waals surface area contributed by atoms with Crippen LogP contribution in [-0.4, -0.2) is 73.2 Å². The van der Waals surface area contributed by atoms with Crippen LogP contribution in [0.15, 0.2) is 42.6 Å². The summed E-state index contributed by atoms with van der Waals surface area (Å²) in [5.74, 6) is -0.853. The van der Waals surface area contributed by atoms with E-state index < -0.39 is 17.6 Å². The summed E-state index contributed by atoms with van der Waals surface area (Å²) < 4.78 is 50.5. The second-order valence-electron chi connectivity index (χ2n) is 7.21. The quantitative estimate of drug-likeness (QED) is 0.523. The van der Waals surface area contributed by atoms with Crippen LogP contribution in [0.4, 0.5) is 13.2 Å². The Bertz CT molecular complexity index is 881. The molecule has 10 heteroatoms. The van der Waals surface area contributed by atoms with E-state index in [1.165, 1.54) is 19.1 Å². The fourth-order valence-electron chi connectivity index (χ4n) is 3.05. The van der Waals surface area contributed by atoms with Gasteiger partial charge in [-0.1, -0.05) is 0 Å². The van der Waals surface area contributed by atoms with Gasteiger partial charge in [0, 0.05) is 51.8 Å². The van der Waals surface area contributed by atoms with Crippen LogP contribution >= 0.6 is 0 Å². The molecule has 0 N–H and O–H groups in total. The molecule has 32 heavy (non-hydrogen) atoms. The number of methoxy groups -OCH3 is 2. The van der Waals surface area contributed by atoms with E-state index in [1.54, 1.807) is 4.90 Å². The Hall–Kier alpha value is -2.85. The zero-order valence-electron chi connectivity index (χ0n) is 18.4. The lowest BCUT2D eigenvalue weighted by atomic mass is 10.1. The number of hydrogen-bond donors (Lipinski definition) is 0. The number of benzene rings is 1. The van der Waals surface area contributed by atoms with Gasteiger partial charge in [0.05, 0.1) is 25.3 Å². The largest absolute Gasteiger partial charge is 0.416 e. The molecule has 0 aliphatic carbocycles. The summed E-state index contributed by atoms with van der Waals surface area (Å²) in [7, 11) is 4.86. The molecule has 0 bridgehead atoms. The lowest BCUT2D eigenvalue weighted by Crippen LogP contribution is -2.45. The smallest absolute Gasteiger partial charge is 0.383 e. The Balaban J connectivity index is 2.18. The second kappa shape index (κ2) is 11.7. The van der Waals surface area contributed by atoms with Crippen molar-refractivity contribution in [2.45, 2.75) is 12.7 Å². The van der Waals surface area contributed by atoms with Crippen LogP contribution in [0.1, 0.15) is 21.6 Å². The van der Waals surface area contributed by atoms with Gasteiger partial charge in [0.2, 0.25) is 5.91 Å². The van der Waals surface area contributed by atoms with Gasteiger partial charge in [-0.25, -0.2) is 0 Å². The van der Waals surface area contributed by atoms with Gasteiger partial charge < -0.3 is 23.8 Å². The minimum Gasteiger partial charge on any atom is -0.383 e. The third-order valence-corrected chi connectivity index (χ3v) is 4.96. The van der Waals surface area contributed by atoms with Crippen molar-refractivity contribution in [3.63, 3.8) is 0 Å². The molecule has 176 valence electrons. The predicted molar refractivity (Wildman–Crippen MR) is 112 cm³/mol. The van der Waals surface area contributed by atoms with Crippen molar-refractivity contribution in [2.24, 2.45) is 7.05 Å². The average Bonchev–Trinajstić information content (AvgIpc) is 3.17. The maximum Gasteiger partial charge on any atom is 0.416 e. The summed E-state index contributed by atoms with van der Waals surface area (Å²) in [6.45, 7) is 1.03. The number of alkyl halides is 3. The highest BCUT2D eigenvalue weighted by Crippen LogP contribution is 2.29. The number of nitrogens with zero attached hydrogens (tertiary/aromatic N) is 3. The average molecular weight is 455 g/mol. The van der Waals surface area contributed by atoms with Crippen LogP contribution in [0.5, 0.6) is 0 Å². The van der Waals surface area contributed by atoms with Gasteiger partial charge >= 0.3 is 6.18 Å². The van der Waals surface area contributed by atoms with Gasteiger partial charge in [-0.15, -0.1) is 0 Å². The fraction of sp³-hybridized carbons (Fsp3) is 0.455. The number of amides is 2. The number of ether oxygens (including phenoxy) is 2. The Kier molecular flexibility index (Phi) is 9.27. The Labute approximate surface area is 185 Å². The van der Waals surface area contributed by atoms with E-state index in [9.17, 15) is 22.8 Å². The molecule has 0 aliphatic rings. The number of carbonyl (C=O) groups excluding carboxylic acids is 2. The summed E-state index contributed by atoms with van der Waals surface area (Å²) in [4.78, 5) is 28.9. The summed E-state index contributed by atoms with van der Waals surface area (Å²) in [5, 5.41) is 0. The number of hydrogen-bond acceptors (Lipinski definition) is 4. The van der Waals surface area contributed by atoms with Gasteiger partial charge in [0.15, 0.2) is 0 Å². The molecule has 0 unspecified atom stereocenters. The predicted octanol–water partition coefficient (Wildman–Crippen LogP) is 2.81. The monoisotopic (exact) mass is 455 g/mol. The van der Waals surface area contributed by atoms with Crippen LogP contribution in [0.25, 0.3) is 0 Å². The first-order chi connectivity index (χ1) is 15.2. The van der Waals surface area contributed by atoms with Gasteiger partial charge in [0.1, 0.15) is 6.54 Å². The van der Waals surface area contributed by atoms with E-state index >= 15 is 0 Å². The van der Waals surface area contributed by atoms with Crippen molar-refractivity contribution in [3.8, 4) is 0 Å². The third kappa shape index (κ3) is 7.10. The number of rotatable bonds is 11. The Morgan fingerprint density at radius 3 is 2.06 bits per heavy atom. The topological polar surface area (TPSA) is 64.0 Å². The fourth-order valence-corrected chi connectivity index (χ4v) is 3.05. The number of aryl methyl sites for hydroxylation is 1. The Morgan fingerprint density at radius 1 is 0.969 bits per heavy atom. The lowest BCUT2D eigenvalue weighted by molar-refractivity contribution is -0.137. The highest BCUT2D eigenvalue weighted by Gasteiger charge is 2.30. The van der Waals surface area contributed by atoms with Crippen molar-refractivity contribution < 1.29 is 32.2 Å². The zero-order valence-corrected chi connectivity index (χ0v) is 18.4. The minimum atomic E-state index is -4.49. The maximum atomic E-state index is 13.1.